The van der Waals surface area contributed by atoms with Crippen molar-refractivity contribution in [3.8, 4) is 0 Å². The van der Waals surface area contributed by atoms with Gasteiger partial charge in [-0.05, 0) is 44.0 Å². The van der Waals surface area contributed by atoms with Gasteiger partial charge in [-0.25, -0.2) is 4.39 Å². The monoisotopic (exact) mass is 267 g/mol. The smallest absolute Gasteiger partial charge is 0.138 e. The van der Waals surface area contributed by atoms with E-state index in [1.54, 1.807) is 0 Å². The molecule has 2 N–H and O–H groups in total. The number of hydrogen-bond acceptors (Lipinski definition) is 1. The van der Waals surface area contributed by atoms with Gasteiger partial charge in [0.25, 0.3) is 0 Å². The van der Waals surface area contributed by atoms with Crippen LogP contribution in [-0.4, -0.2) is 0 Å². The van der Waals surface area contributed by atoms with E-state index >= 15 is 0 Å². The summed E-state index contributed by atoms with van der Waals surface area (Å²) in [5.41, 5.74) is 5.97. The minimum Gasteiger partial charge on any atom is -0.398 e. The maximum atomic E-state index is 12.6. The van der Waals surface area contributed by atoms with Crippen LogP contribution in [0.3, 0.4) is 0 Å². The van der Waals surface area contributed by atoms with Gasteiger partial charge >= 0.3 is 0 Å². The highest BCUT2D eigenvalue weighted by atomic mass is 79.9. The lowest BCUT2D eigenvalue weighted by Gasteiger charge is -2.00. The number of anilines is 1. The Morgan fingerprint density at radius 1 is 1.20 bits per heavy atom. The van der Waals surface area contributed by atoms with E-state index in [1.807, 2.05) is 0 Å². The molecule has 1 aromatic rings. The van der Waals surface area contributed by atoms with Gasteiger partial charge in [-0.2, -0.15) is 0 Å². The molecular formula is C6H4Br2FN. The Labute approximate surface area is 74.7 Å². The molecule has 0 aromatic heterocycles. The molecule has 10 heavy (non-hydrogen) atoms. The number of halogens is 3. The molecule has 0 saturated heterocycles. The third kappa shape index (κ3) is 1.32. The van der Waals surface area contributed by atoms with E-state index in [-0.39, 0.29) is 5.82 Å². The van der Waals surface area contributed by atoms with Gasteiger partial charge in [0, 0.05) is 5.69 Å². The Morgan fingerprint density at radius 2 is 1.80 bits per heavy atom. The Bertz CT molecular complexity index is 235. The molecule has 1 rings (SSSR count). The first kappa shape index (κ1) is 8.01. The Kier molecular flexibility index (Phi) is 2.31. The highest BCUT2D eigenvalue weighted by Gasteiger charge is 2.04. The molecule has 0 aliphatic carbocycles. The van der Waals surface area contributed by atoms with Crippen molar-refractivity contribution in [2.45, 2.75) is 0 Å². The third-order valence-electron chi connectivity index (χ3n) is 1.07. The normalized spacial score (nSPS) is 9.90. The van der Waals surface area contributed by atoms with Crippen LogP contribution < -0.4 is 5.73 Å². The maximum absolute atomic E-state index is 12.6. The lowest BCUT2D eigenvalue weighted by molar-refractivity contribution is 0.620. The van der Waals surface area contributed by atoms with Crippen LogP contribution in [0.25, 0.3) is 0 Å². The predicted octanol–water partition coefficient (Wildman–Crippen LogP) is 2.93. The van der Waals surface area contributed by atoms with Crippen molar-refractivity contribution in [3.63, 3.8) is 0 Å². The molecule has 0 bridgehead atoms. The molecule has 4 heteroatoms. The van der Waals surface area contributed by atoms with Crippen LogP contribution in [0.2, 0.25) is 0 Å². The van der Waals surface area contributed by atoms with Crippen LogP contribution in [-0.2, 0) is 0 Å². The molecule has 54 valence electrons. The first-order valence-electron chi connectivity index (χ1n) is 2.52. The zero-order valence-corrected chi connectivity index (χ0v) is 8.04. The fourth-order valence-electron chi connectivity index (χ4n) is 0.541. The Balaban J connectivity index is 3.34. The second-order valence-electron chi connectivity index (χ2n) is 1.76. The van der Waals surface area contributed by atoms with Crippen LogP contribution in [0.5, 0.6) is 0 Å². The molecule has 0 atom stereocenters. The number of nitrogens with two attached hydrogens (primary N) is 1. The lowest BCUT2D eigenvalue weighted by Crippen LogP contribution is -1.88. The summed E-state index contributed by atoms with van der Waals surface area (Å²) in [6.45, 7) is 0. The molecule has 0 aliphatic rings. The minimum atomic E-state index is -0.318. The SMILES string of the molecule is Nc1ccc(F)c(Br)c1Br. The van der Waals surface area contributed by atoms with Crippen molar-refractivity contribution in [1.82, 2.24) is 0 Å². The molecule has 0 amide bonds. The highest BCUT2D eigenvalue weighted by Crippen LogP contribution is 2.30. The summed E-state index contributed by atoms with van der Waals surface area (Å²) in [6.07, 6.45) is 0. The summed E-state index contributed by atoms with van der Waals surface area (Å²) in [5.74, 6) is -0.318. The molecule has 0 unspecified atom stereocenters. The van der Waals surface area contributed by atoms with Gasteiger partial charge < -0.3 is 5.73 Å². The second kappa shape index (κ2) is 2.88. The standard InChI is InChI=1S/C6H4Br2FN/c7-5-3(9)1-2-4(10)6(5)8/h1-2H,10H2. The first-order valence-corrected chi connectivity index (χ1v) is 4.10. The molecule has 0 spiro atoms. The van der Waals surface area contributed by atoms with Gasteiger partial charge in [-0.15, -0.1) is 0 Å². The van der Waals surface area contributed by atoms with E-state index < -0.39 is 0 Å². The molecule has 1 nitrogen and oxygen atoms in total. The number of benzene rings is 1. The van der Waals surface area contributed by atoms with Gasteiger partial charge in [0.15, 0.2) is 0 Å². The number of hydrogen-bond donors (Lipinski definition) is 1. The number of nitrogen functional groups attached to an aromatic ring is 1. The number of rotatable bonds is 0. The summed E-state index contributed by atoms with van der Waals surface area (Å²) >= 11 is 6.15. The van der Waals surface area contributed by atoms with Crippen molar-refractivity contribution in [2.75, 3.05) is 5.73 Å². The summed E-state index contributed by atoms with van der Waals surface area (Å²) in [4.78, 5) is 0. The van der Waals surface area contributed by atoms with Crippen molar-refractivity contribution in [1.29, 1.82) is 0 Å². The van der Waals surface area contributed by atoms with Gasteiger partial charge in [0.2, 0.25) is 0 Å². The van der Waals surface area contributed by atoms with Crippen LogP contribution in [0, 0.1) is 5.82 Å². The molecular weight excluding hydrogens is 265 g/mol. The first-order chi connectivity index (χ1) is 4.63. The molecule has 0 radical (unpaired) electrons. The Morgan fingerprint density at radius 3 is 2.30 bits per heavy atom. The third-order valence-corrected chi connectivity index (χ3v) is 3.23. The van der Waals surface area contributed by atoms with E-state index in [4.69, 9.17) is 5.73 Å². The minimum absolute atomic E-state index is 0.318. The van der Waals surface area contributed by atoms with Crippen LogP contribution in [0.15, 0.2) is 21.1 Å². The van der Waals surface area contributed by atoms with Crippen molar-refractivity contribution >= 4 is 37.5 Å². The molecule has 0 aliphatic heterocycles. The van der Waals surface area contributed by atoms with Crippen LogP contribution in [0.4, 0.5) is 10.1 Å². The molecule has 0 fully saturated rings. The van der Waals surface area contributed by atoms with Crippen molar-refractivity contribution in [2.24, 2.45) is 0 Å². The van der Waals surface area contributed by atoms with Crippen molar-refractivity contribution in [3.05, 3.63) is 26.9 Å². The van der Waals surface area contributed by atoms with Crippen molar-refractivity contribution < 1.29 is 4.39 Å². The second-order valence-corrected chi connectivity index (χ2v) is 3.35. The highest BCUT2D eigenvalue weighted by molar-refractivity contribution is 9.13. The van der Waals surface area contributed by atoms with E-state index in [1.165, 1.54) is 12.1 Å². The molecule has 1 aromatic carbocycles. The zero-order chi connectivity index (χ0) is 7.72. The largest absolute Gasteiger partial charge is 0.398 e. The van der Waals surface area contributed by atoms with Gasteiger partial charge in [-0.3, -0.25) is 0 Å². The maximum Gasteiger partial charge on any atom is 0.138 e. The quantitative estimate of drug-likeness (QED) is 0.568. The van der Waals surface area contributed by atoms with E-state index in [9.17, 15) is 4.39 Å². The van der Waals surface area contributed by atoms with E-state index in [0.29, 0.717) is 14.6 Å². The van der Waals surface area contributed by atoms with Gasteiger partial charge in [0.1, 0.15) is 5.82 Å². The Hall–Kier alpha value is -0.0900. The molecule has 0 heterocycles. The van der Waals surface area contributed by atoms with Crippen LogP contribution in [0.1, 0.15) is 0 Å². The van der Waals surface area contributed by atoms with Gasteiger partial charge in [-0.1, -0.05) is 0 Å². The average molecular weight is 269 g/mol. The van der Waals surface area contributed by atoms with Gasteiger partial charge in [0.05, 0.1) is 8.95 Å². The lowest BCUT2D eigenvalue weighted by atomic mass is 10.3. The fraction of sp³-hybridized carbons (Fsp3) is 0. The molecule has 0 saturated carbocycles. The summed E-state index contributed by atoms with van der Waals surface area (Å²) < 4.78 is 13.6. The van der Waals surface area contributed by atoms with Crippen LogP contribution >= 0.6 is 31.9 Å². The summed E-state index contributed by atoms with van der Waals surface area (Å²) in [6, 6.07) is 2.81. The average Bonchev–Trinajstić information content (AvgIpc) is 1.93. The van der Waals surface area contributed by atoms with E-state index in [2.05, 4.69) is 31.9 Å². The zero-order valence-electron chi connectivity index (χ0n) is 4.87. The fourth-order valence-corrected chi connectivity index (χ4v) is 1.22. The summed E-state index contributed by atoms with van der Waals surface area (Å²) in [7, 11) is 0. The summed E-state index contributed by atoms with van der Waals surface area (Å²) in [5, 5.41) is 0. The topological polar surface area (TPSA) is 26.0 Å². The predicted molar refractivity (Wildman–Crippen MR) is 46.2 cm³/mol. The van der Waals surface area contributed by atoms with E-state index in [0.717, 1.165) is 0 Å².